The summed E-state index contributed by atoms with van der Waals surface area (Å²) in [4.78, 5) is 20.8. The van der Waals surface area contributed by atoms with E-state index in [2.05, 4.69) is 40.7 Å². The smallest absolute Gasteiger partial charge is 0.169 e. The zero-order chi connectivity index (χ0) is 23.9. The monoisotopic (exact) mass is 471 g/mol. The third kappa shape index (κ3) is 4.68. The molecule has 0 N–H and O–H groups in total. The van der Waals surface area contributed by atoms with E-state index >= 15 is 0 Å². The van der Waals surface area contributed by atoms with Gasteiger partial charge in [0.1, 0.15) is 0 Å². The van der Waals surface area contributed by atoms with Crippen molar-refractivity contribution in [2.24, 2.45) is 7.05 Å². The molecule has 6 rings (SSSR count). The second-order valence-corrected chi connectivity index (χ2v) is 11.0. The Labute approximate surface area is 208 Å². The number of hydrogen-bond acceptors (Lipinski definition) is 4. The highest BCUT2D eigenvalue weighted by atomic mass is 16.5. The van der Waals surface area contributed by atoms with Gasteiger partial charge in [0.25, 0.3) is 0 Å². The topological polar surface area (TPSA) is 47.4 Å². The van der Waals surface area contributed by atoms with Gasteiger partial charge in [-0.2, -0.15) is 0 Å². The third-order valence-corrected chi connectivity index (χ3v) is 8.55. The van der Waals surface area contributed by atoms with E-state index in [9.17, 15) is 4.79 Å². The Bertz CT molecular complexity index is 1230. The van der Waals surface area contributed by atoms with Gasteiger partial charge < -0.3 is 9.30 Å². The van der Waals surface area contributed by atoms with Gasteiger partial charge in [0.2, 0.25) is 0 Å². The van der Waals surface area contributed by atoms with Crippen molar-refractivity contribution in [3.8, 4) is 0 Å². The number of ether oxygens (including phenoxy) is 1. The lowest BCUT2D eigenvalue weighted by molar-refractivity contribution is 0.00719. The van der Waals surface area contributed by atoms with E-state index in [4.69, 9.17) is 9.72 Å². The van der Waals surface area contributed by atoms with Crippen LogP contribution in [0, 0.1) is 6.92 Å². The van der Waals surface area contributed by atoms with Crippen LogP contribution in [0.15, 0.2) is 36.7 Å². The molecule has 0 spiro atoms. The first-order valence-electron chi connectivity index (χ1n) is 13.5. The first kappa shape index (κ1) is 22.9. The number of Topliss-reactive ketones (excluding diaryl/α,β-unsaturated/α-hetero) is 1. The van der Waals surface area contributed by atoms with Gasteiger partial charge in [-0.25, -0.2) is 0 Å². The summed E-state index contributed by atoms with van der Waals surface area (Å²) >= 11 is 0. The summed E-state index contributed by atoms with van der Waals surface area (Å²) in [6, 6.07) is 9.54. The molecule has 35 heavy (non-hydrogen) atoms. The number of hydrogen-bond donors (Lipinski definition) is 0. The van der Waals surface area contributed by atoms with Crippen molar-refractivity contribution in [1.29, 1.82) is 0 Å². The van der Waals surface area contributed by atoms with Gasteiger partial charge in [0, 0.05) is 73.1 Å². The lowest BCUT2D eigenvalue weighted by atomic mass is 9.81. The first-order chi connectivity index (χ1) is 17.1. The molecule has 2 saturated carbocycles. The van der Waals surface area contributed by atoms with Crippen LogP contribution in [0.5, 0.6) is 0 Å². The molecule has 0 amide bonds. The molecule has 1 aliphatic heterocycles. The molecule has 0 radical (unpaired) electrons. The van der Waals surface area contributed by atoms with Gasteiger partial charge in [-0.05, 0) is 74.1 Å². The van der Waals surface area contributed by atoms with Crippen molar-refractivity contribution in [3.63, 3.8) is 0 Å². The number of carbonyl (C=O) groups is 1. The van der Waals surface area contributed by atoms with E-state index in [0.29, 0.717) is 18.4 Å². The summed E-state index contributed by atoms with van der Waals surface area (Å²) in [6.45, 7) is 6.07. The van der Waals surface area contributed by atoms with E-state index in [-0.39, 0.29) is 5.78 Å². The molecule has 3 aliphatic rings. The van der Waals surface area contributed by atoms with E-state index in [1.54, 1.807) is 0 Å². The van der Waals surface area contributed by atoms with Crippen LogP contribution < -0.4 is 0 Å². The quantitative estimate of drug-likeness (QED) is 0.443. The number of morpholine rings is 1. The highest BCUT2D eigenvalue weighted by Crippen LogP contribution is 2.41. The Balaban J connectivity index is 1.13. The largest absolute Gasteiger partial charge is 0.379 e. The molecule has 3 aromatic rings. The fourth-order valence-corrected chi connectivity index (χ4v) is 6.40. The van der Waals surface area contributed by atoms with Crippen molar-refractivity contribution < 1.29 is 9.53 Å². The van der Waals surface area contributed by atoms with Crippen LogP contribution in [0.4, 0.5) is 0 Å². The average Bonchev–Trinajstić information content (AvgIpc) is 3.68. The van der Waals surface area contributed by atoms with Crippen molar-refractivity contribution in [2.45, 2.75) is 69.7 Å². The summed E-state index contributed by atoms with van der Waals surface area (Å²) < 4.78 is 7.63. The minimum absolute atomic E-state index is 0.176. The Morgan fingerprint density at radius 3 is 2.49 bits per heavy atom. The maximum absolute atomic E-state index is 13.3. The van der Waals surface area contributed by atoms with Crippen LogP contribution in [0.1, 0.15) is 83.1 Å². The van der Waals surface area contributed by atoms with Gasteiger partial charge in [-0.1, -0.05) is 18.2 Å². The molecule has 0 unspecified atom stereocenters. The zero-order valence-electron chi connectivity index (χ0n) is 21.1. The van der Waals surface area contributed by atoms with E-state index in [0.717, 1.165) is 54.3 Å². The first-order valence-corrected chi connectivity index (χ1v) is 13.5. The Morgan fingerprint density at radius 2 is 1.77 bits per heavy atom. The molecule has 184 valence electrons. The molecule has 1 aromatic carbocycles. The molecule has 0 bridgehead atoms. The molecule has 2 aromatic heterocycles. The third-order valence-electron chi connectivity index (χ3n) is 8.55. The molecule has 0 atom stereocenters. The van der Waals surface area contributed by atoms with Gasteiger partial charge >= 0.3 is 0 Å². The van der Waals surface area contributed by atoms with Gasteiger partial charge in [0.05, 0.1) is 13.2 Å². The number of aromatic nitrogens is 2. The number of carbonyl (C=O) groups excluding carboxylic acids is 1. The Kier molecular flexibility index (Phi) is 6.23. The van der Waals surface area contributed by atoms with Crippen LogP contribution in [0.3, 0.4) is 0 Å². The Morgan fingerprint density at radius 1 is 1.03 bits per heavy atom. The predicted octanol–water partition coefficient (Wildman–Crippen LogP) is 5.54. The van der Waals surface area contributed by atoms with Crippen LogP contribution in [-0.4, -0.2) is 52.6 Å². The van der Waals surface area contributed by atoms with Crippen molar-refractivity contribution in [2.75, 3.05) is 26.3 Å². The lowest BCUT2D eigenvalue weighted by Crippen LogP contribution is -2.44. The average molecular weight is 472 g/mol. The van der Waals surface area contributed by atoms with Crippen molar-refractivity contribution in [3.05, 3.63) is 64.6 Å². The normalized spacial score (nSPS) is 23.6. The summed E-state index contributed by atoms with van der Waals surface area (Å²) in [6.07, 6.45) is 11.8. The zero-order valence-corrected chi connectivity index (χ0v) is 21.1. The van der Waals surface area contributed by atoms with Crippen LogP contribution in [0.2, 0.25) is 0 Å². The van der Waals surface area contributed by atoms with Crippen LogP contribution in [0.25, 0.3) is 10.9 Å². The molecule has 1 saturated heterocycles. The number of ketones is 1. The van der Waals surface area contributed by atoms with Gasteiger partial charge in [-0.15, -0.1) is 0 Å². The maximum Gasteiger partial charge on any atom is 0.169 e. The molecule has 3 fully saturated rings. The lowest BCUT2D eigenvalue weighted by Gasteiger charge is -2.38. The SMILES string of the molecule is Cc1cc(CC(=O)c2cn(C)c3cc(C4CC4)ccc23)cnc1C1CCC(N2CCOCC2)CC1. The number of benzene rings is 1. The summed E-state index contributed by atoms with van der Waals surface area (Å²) in [7, 11) is 2.05. The molecular formula is C30H37N3O2. The highest BCUT2D eigenvalue weighted by molar-refractivity contribution is 6.09. The molecule has 5 nitrogen and oxygen atoms in total. The number of pyridine rings is 1. The standard InChI is InChI=1S/C30H37N3O2/c1-20-15-21(18-31-30(20)23-5-8-25(9-6-23)33-11-13-35-14-12-33)16-29(34)27-19-32(2)28-17-24(22-3-4-22)7-10-26(27)28/h7,10,15,17-19,22-23,25H,3-6,8-9,11-14,16H2,1-2H3. The Hall–Kier alpha value is -2.50. The molecule has 3 heterocycles. The van der Waals surface area contributed by atoms with Crippen LogP contribution >= 0.6 is 0 Å². The van der Waals surface area contributed by atoms with E-state index < -0.39 is 0 Å². The predicted molar refractivity (Wildman–Crippen MR) is 139 cm³/mol. The second kappa shape index (κ2) is 9.51. The summed E-state index contributed by atoms with van der Waals surface area (Å²) in [5.41, 5.74) is 6.89. The molecule has 5 heteroatoms. The van der Waals surface area contributed by atoms with Crippen molar-refractivity contribution >= 4 is 16.7 Å². The minimum atomic E-state index is 0.176. The van der Waals surface area contributed by atoms with Crippen molar-refractivity contribution in [1.82, 2.24) is 14.5 Å². The van der Waals surface area contributed by atoms with Gasteiger partial charge in [0.15, 0.2) is 5.78 Å². The van der Waals surface area contributed by atoms with Crippen LogP contribution in [-0.2, 0) is 18.2 Å². The number of rotatable bonds is 6. The fraction of sp³-hybridized carbons (Fsp3) is 0.533. The van der Waals surface area contributed by atoms with Gasteiger partial charge in [-0.3, -0.25) is 14.7 Å². The number of nitrogens with zero attached hydrogens (tertiary/aromatic N) is 3. The highest BCUT2D eigenvalue weighted by Gasteiger charge is 2.29. The molecule has 2 aliphatic carbocycles. The summed E-state index contributed by atoms with van der Waals surface area (Å²) in [5.74, 6) is 1.43. The minimum Gasteiger partial charge on any atom is -0.379 e. The number of fused-ring (bicyclic) bond motifs is 1. The molecular weight excluding hydrogens is 434 g/mol. The number of aryl methyl sites for hydroxylation is 2. The maximum atomic E-state index is 13.3. The fourth-order valence-electron chi connectivity index (χ4n) is 6.40. The van der Waals surface area contributed by atoms with E-state index in [1.165, 1.54) is 55.3 Å². The summed E-state index contributed by atoms with van der Waals surface area (Å²) in [5, 5.41) is 1.07. The second-order valence-electron chi connectivity index (χ2n) is 11.0. The van der Waals surface area contributed by atoms with E-state index in [1.807, 2.05) is 19.4 Å².